The van der Waals surface area contributed by atoms with Crippen molar-refractivity contribution in [3.63, 3.8) is 0 Å². The van der Waals surface area contributed by atoms with Gasteiger partial charge in [-0.1, -0.05) is 28.9 Å². The van der Waals surface area contributed by atoms with E-state index in [2.05, 4.69) is 15.5 Å². The molecule has 1 amide bonds. The third kappa shape index (κ3) is 5.63. The lowest BCUT2D eigenvalue weighted by Crippen LogP contribution is -2.27. The fourth-order valence-electron chi connectivity index (χ4n) is 3.51. The Bertz CT molecular complexity index is 1400. The van der Waals surface area contributed by atoms with Gasteiger partial charge in [0.25, 0.3) is 11.3 Å². The van der Waals surface area contributed by atoms with E-state index >= 15 is 0 Å². The first-order chi connectivity index (χ1) is 16.9. The number of hydrogen-bond acceptors (Lipinski definition) is 7. The Morgan fingerprint density at radius 1 is 1.17 bits per heavy atom. The lowest BCUT2D eigenvalue weighted by Gasteiger charge is -2.10. The zero-order chi connectivity index (χ0) is 24.9. The average Bonchev–Trinajstić information content (AvgIpc) is 3.28. The summed E-state index contributed by atoms with van der Waals surface area (Å²) in [6.45, 7) is 4.44. The van der Waals surface area contributed by atoms with Crippen LogP contribution in [-0.4, -0.2) is 33.8 Å². The van der Waals surface area contributed by atoms with Gasteiger partial charge in [-0.15, -0.1) is 0 Å². The summed E-state index contributed by atoms with van der Waals surface area (Å²) in [5, 5.41) is 7.44. The normalized spacial score (nSPS) is 11.1. The van der Waals surface area contributed by atoms with Crippen LogP contribution in [-0.2, 0) is 17.9 Å². The van der Waals surface area contributed by atoms with Gasteiger partial charge in [0.1, 0.15) is 28.9 Å². The molecule has 182 valence electrons. The molecule has 0 aliphatic heterocycles. The average molecular weight is 497 g/mol. The highest BCUT2D eigenvalue weighted by molar-refractivity contribution is 6.33. The van der Waals surface area contributed by atoms with E-state index in [1.54, 1.807) is 18.2 Å². The minimum absolute atomic E-state index is 0.0921. The van der Waals surface area contributed by atoms with Gasteiger partial charge in [-0.05, 0) is 49.7 Å². The number of hydrogen-bond donors (Lipinski definition) is 1. The maximum absolute atomic E-state index is 13.2. The second-order valence-corrected chi connectivity index (χ2v) is 8.54. The summed E-state index contributed by atoms with van der Waals surface area (Å²) in [4.78, 5) is 29.7. The summed E-state index contributed by atoms with van der Waals surface area (Å²) in [5.74, 6) is 1.14. The molecular formula is C25H25ClN4O5. The lowest BCUT2D eigenvalue weighted by molar-refractivity contribution is -0.121. The van der Waals surface area contributed by atoms with E-state index in [0.717, 1.165) is 11.3 Å². The molecule has 0 aliphatic rings. The molecule has 0 saturated heterocycles. The Labute approximate surface area is 206 Å². The highest BCUT2D eigenvalue weighted by Crippen LogP contribution is 2.33. The monoisotopic (exact) mass is 496 g/mol. The number of aromatic nitrogens is 3. The first-order valence-electron chi connectivity index (χ1n) is 11.1. The third-order valence-corrected chi connectivity index (χ3v) is 5.59. The molecule has 0 bridgehead atoms. The van der Waals surface area contributed by atoms with E-state index in [4.69, 9.17) is 25.6 Å². The quantitative estimate of drug-likeness (QED) is 0.369. The van der Waals surface area contributed by atoms with E-state index in [1.165, 1.54) is 18.0 Å². The molecule has 4 aromatic rings. The van der Waals surface area contributed by atoms with E-state index < -0.39 is 0 Å². The predicted octanol–water partition coefficient (Wildman–Crippen LogP) is 4.21. The standard InChI is InChI=1S/C25H25ClN4O5/c1-15(2)34-17-6-4-16(5-7-17)13-27-21(31)10-11-30-14-28-24-22(25(30)32)23(29-35-24)19-12-18(33-3)8-9-20(19)26/h4-9,12,14-15H,10-11,13H2,1-3H3,(H,27,31). The molecule has 2 aromatic heterocycles. The number of amides is 1. The number of fused-ring (bicyclic) bond motifs is 1. The van der Waals surface area contributed by atoms with Gasteiger partial charge in [0, 0.05) is 25.1 Å². The van der Waals surface area contributed by atoms with E-state index in [1.807, 2.05) is 38.1 Å². The van der Waals surface area contributed by atoms with Gasteiger partial charge in [-0.3, -0.25) is 14.2 Å². The molecule has 0 radical (unpaired) electrons. The molecule has 9 nitrogen and oxygen atoms in total. The zero-order valence-corrected chi connectivity index (χ0v) is 20.3. The number of benzene rings is 2. The third-order valence-electron chi connectivity index (χ3n) is 5.26. The van der Waals surface area contributed by atoms with Crippen molar-refractivity contribution >= 4 is 28.6 Å². The maximum atomic E-state index is 13.2. The second-order valence-electron chi connectivity index (χ2n) is 8.14. The number of rotatable bonds is 9. The van der Waals surface area contributed by atoms with E-state index in [9.17, 15) is 9.59 Å². The largest absolute Gasteiger partial charge is 0.497 e. The van der Waals surface area contributed by atoms with Crippen LogP contribution in [0.25, 0.3) is 22.4 Å². The summed E-state index contributed by atoms with van der Waals surface area (Å²) >= 11 is 6.33. The maximum Gasteiger partial charge on any atom is 0.266 e. The Morgan fingerprint density at radius 3 is 2.63 bits per heavy atom. The first-order valence-corrected chi connectivity index (χ1v) is 11.4. The summed E-state index contributed by atoms with van der Waals surface area (Å²) in [5.41, 5.74) is 1.42. The van der Waals surface area contributed by atoms with Gasteiger partial charge >= 0.3 is 0 Å². The molecule has 0 fully saturated rings. The Balaban J connectivity index is 1.44. The fraction of sp³-hybridized carbons (Fsp3) is 0.280. The SMILES string of the molecule is COc1ccc(Cl)c(-c2noc3ncn(CCC(=O)NCc4ccc(OC(C)C)cc4)c(=O)c23)c1. The predicted molar refractivity (Wildman–Crippen MR) is 132 cm³/mol. The van der Waals surface area contributed by atoms with Crippen molar-refractivity contribution in [2.24, 2.45) is 0 Å². The molecule has 0 spiro atoms. The van der Waals surface area contributed by atoms with Crippen LogP contribution < -0.4 is 20.3 Å². The number of methoxy groups -OCH3 is 1. The van der Waals surface area contributed by atoms with Crippen molar-refractivity contribution < 1.29 is 18.8 Å². The number of nitrogens with one attached hydrogen (secondary N) is 1. The van der Waals surface area contributed by atoms with Crippen LogP contribution in [0.1, 0.15) is 25.8 Å². The van der Waals surface area contributed by atoms with Gasteiger partial charge in [0.15, 0.2) is 0 Å². The second kappa shape index (κ2) is 10.6. The smallest absolute Gasteiger partial charge is 0.266 e. The summed E-state index contributed by atoms with van der Waals surface area (Å²) < 4.78 is 17.5. The van der Waals surface area contributed by atoms with Crippen molar-refractivity contribution in [1.29, 1.82) is 0 Å². The number of aryl methyl sites for hydroxylation is 1. The highest BCUT2D eigenvalue weighted by atomic mass is 35.5. The number of halogens is 1. The minimum atomic E-state index is -0.376. The minimum Gasteiger partial charge on any atom is -0.497 e. The van der Waals surface area contributed by atoms with Crippen LogP contribution in [0.15, 0.2) is 58.1 Å². The van der Waals surface area contributed by atoms with Gasteiger partial charge in [-0.25, -0.2) is 4.98 Å². The first kappa shape index (κ1) is 24.3. The van der Waals surface area contributed by atoms with Crippen molar-refractivity contribution in [2.75, 3.05) is 7.11 Å². The molecule has 4 rings (SSSR count). The van der Waals surface area contributed by atoms with Crippen LogP contribution in [0.2, 0.25) is 5.02 Å². The van der Waals surface area contributed by atoms with Crippen LogP contribution in [0.3, 0.4) is 0 Å². The Morgan fingerprint density at radius 2 is 1.91 bits per heavy atom. The molecule has 0 saturated carbocycles. The van der Waals surface area contributed by atoms with Crippen molar-refractivity contribution in [3.05, 3.63) is 69.7 Å². The van der Waals surface area contributed by atoms with Crippen molar-refractivity contribution in [1.82, 2.24) is 20.0 Å². The molecule has 0 atom stereocenters. The molecule has 1 N–H and O–H groups in total. The number of carbonyl (C=O) groups excluding carboxylic acids is 1. The van der Waals surface area contributed by atoms with Crippen LogP contribution in [0.5, 0.6) is 11.5 Å². The number of nitrogens with zero attached hydrogens (tertiary/aromatic N) is 3. The van der Waals surface area contributed by atoms with Gasteiger partial charge < -0.3 is 19.3 Å². The Kier molecular flexibility index (Phi) is 7.36. The fourth-order valence-corrected chi connectivity index (χ4v) is 3.71. The molecule has 0 unspecified atom stereocenters. The van der Waals surface area contributed by atoms with Crippen LogP contribution in [0.4, 0.5) is 0 Å². The topological polar surface area (TPSA) is 108 Å². The summed E-state index contributed by atoms with van der Waals surface area (Å²) in [6.07, 6.45) is 1.54. The van der Waals surface area contributed by atoms with Crippen LogP contribution in [0, 0.1) is 0 Å². The highest BCUT2D eigenvalue weighted by Gasteiger charge is 2.20. The van der Waals surface area contributed by atoms with Crippen molar-refractivity contribution in [2.45, 2.75) is 39.5 Å². The molecule has 10 heteroatoms. The van der Waals surface area contributed by atoms with Crippen LogP contribution >= 0.6 is 11.6 Å². The molecular weight excluding hydrogens is 472 g/mol. The van der Waals surface area contributed by atoms with Gasteiger partial charge in [0.2, 0.25) is 5.91 Å². The van der Waals surface area contributed by atoms with Gasteiger partial charge in [0.05, 0.1) is 18.2 Å². The summed E-state index contributed by atoms with van der Waals surface area (Å²) in [7, 11) is 1.53. The summed E-state index contributed by atoms with van der Waals surface area (Å²) in [6, 6.07) is 12.6. The van der Waals surface area contributed by atoms with E-state index in [-0.39, 0.29) is 47.3 Å². The zero-order valence-electron chi connectivity index (χ0n) is 19.6. The van der Waals surface area contributed by atoms with E-state index in [0.29, 0.717) is 22.9 Å². The van der Waals surface area contributed by atoms with Gasteiger partial charge in [-0.2, -0.15) is 0 Å². The Hall–Kier alpha value is -3.85. The molecule has 0 aliphatic carbocycles. The van der Waals surface area contributed by atoms with Crippen molar-refractivity contribution in [3.8, 4) is 22.8 Å². The molecule has 35 heavy (non-hydrogen) atoms. The number of carbonyl (C=O) groups is 1. The lowest BCUT2D eigenvalue weighted by atomic mass is 10.1. The molecule has 2 heterocycles. The number of ether oxygens (including phenoxy) is 2. The molecule has 2 aromatic carbocycles.